The lowest BCUT2D eigenvalue weighted by molar-refractivity contribution is 0.403. The number of hydrogen-bond donors (Lipinski definition) is 0. The summed E-state index contributed by atoms with van der Waals surface area (Å²) in [5.41, 5.74) is 1.60. The standard InChI is InChI=1S/C15H12Br2ClFO2/c1-20-13-4-3-8(18)5-9(13)15(17)10-6-11(16)12(19)7-14(10)21-2/h3-7,15H,1-2H3. The molecule has 0 N–H and O–H groups in total. The van der Waals surface area contributed by atoms with E-state index < -0.39 is 0 Å². The average Bonchev–Trinajstić information content (AvgIpc) is 2.48. The van der Waals surface area contributed by atoms with Crippen LogP contribution in [0, 0.1) is 5.82 Å². The molecule has 0 bridgehead atoms. The lowest BCUT2D eigenvalue weighted by Gasteiger charge is -2.18. The van der Waals surface area contributed by atoms with Gasteiger partial charge < -0.3 is 9.47 Å². The minimum Gasteiger partial charge on any atom is -0.496 e. The van der Waals surface area contributed by atoms with E-state index in [0.717, 1.165) is 11.1 Å². The maximum absolute atomic E-state index is 13.6. The zero-order chi connectivity index (χ0) is 15.6. The molecule has 0 fully saturated rings. The molecule has 0 radical (unpaired) electrons. The predicted molar refractivity (Wildman–Crippen MR) is 89.4 cm³/mol. The molecular weight excluding hydrogens is 426 g/mol. The Balaban J connectivity index is 2.56. The van der Waals surface area contributed by atoms with Gasteiger partial charge in [0, 0.05) is 22.2 Å². The van der Waals surface area contributed by atoms with Crippen molar-refractivity contribution in [2.24, 2.45) is 0 Å². The minimum absolute atomic E-state index is 0.252. The third-order valence-electron chi connectivity index (χ3n) is 3.01. The monoisotopic (exact) mass is 436 g/mol. The molecule has 0 saturated carbocycles. The molecule has 0 aromatic heterocycles. The Morgan fingerprint density at radius 2 is 1.67 bits per heavy atom. The van der Waals surface area contributed by atoms with Gasteiger partial charge in [0.25, 0.3) is 0 Å². The van der Waals surface area contributed by atoms with E-state index in [0.29, 0.717) is 21.0 Å². The van der Waals surface area contributed by atoms with Crippen LogP contribution < -0.4 is 9.47 Å². The first-order valence-electron chi connectivity index (χ1n) is 5.98. The van der Waals surface area contributed by atoms with Crippen LogP contribution >= 0.6 is 43.5 Å². The smallest absolute Gasteiger partial charge is 0.141 e. The van der Waals surface area contributed by atoms with Crippen LogP contribution in [0.5, 0.6) is 11.5 Å². The van der Waals surface area contributed by atoms with Gasteiger partial charge in [0.05, 0.1) is 23.5 Å². The summed E-state index contributed by atoms with van der Waals surface area (Å²) < 4.78 is 24.6. The second-order valence-corrected chi connectivity index (χ2v) is 6.46. The van der Waals surface area contributed by atoms with Crippen molar-refractivity contribution in [3.05, 3.63) is 56.8 Å². The van der Waals surface area contributed by atoms with E-state index in [-0.39, 0.29) is 10.6 Å². The zero-order valence-electron chi connectivity index (χ0n) is 11.3. The average molecular weight is 439 g/mol. The van der Waals surface area contributed by atoms with Gasteiger partial charge in [-0.05, 0) is 40.2 Å². The van der Waals surface area contributed by atoms with Crippen molar-refractivity contribution in [2.45, 2.75) is 4.83 Å². The molecule has 6 heteroatoms. The van der Waals surface area contributed by atoms with Crippen molar-refractivity contribution >= 4 is 43.5 Å². The summed E-state index contributed by atoms with van der Waals surface area (Å²) in [4.78, 5) is -0.252. The van der Waals surface area contributed by atoms with E-state index in [1.165, 1.54) is 13.2 Å². The third kappa shape index (κ3) is 3.52. The van der Waals surface area contributed by atoms with Crippen LogP contribution in [-0.2, 0) is 0 Å². The molecule has 0 amide bonds. The van der Waals surface area contributed by atoms with E-state index in [1.54, 1.807) is 31.4 Å². The fraction of sp³-hybridized carbons (Fsp3) is 0.200. The maximum Gasteiger partial charge on any atom is 0.141 e. The summed E-state index contributed by atoms with van der Waals surface area (Å²) in [6, 6.07) is 8.35. The fourth-order valence-electron chi connectivity index (χ4n) is 1.99. The van der Waals surface area contributed by atoms with Crippen LogP contribution in [0.25, 0.3) is 0 Å². The number of rotatable bonds is 4. The van der Waals surface area contributed by atoms with Gasteiger partial charge in [-0.3, -0.25) is 0 Å². The summed E-state index contributed by atoms with van der Waals surface area (Å²) in [5.74, 6) is 0.747. The summed E-state index contributed by atoms with van der Waals surface area (Å²) in [7, 11) is 3.09. The molecule has 2 aromatic carbocycles. The summed E-state index contributed by atoms with van der Waals surface area (Å²) in [5, 5.41) is 0.593. The molecule has 2 rings (SSSR count). The molecule has 1 unspecified atom stereocenters. The van der Waals surface area contributed by atoms with Crippen molar-refractivity contribution in [3.63, 3.8) is 0 Å². The lowest BCUT2D eigenvalue weighted by Crippen LogP contribution is -2.01. The molecule has 0 aliphatic rings. The Morgan fingerprint density at radius 1 is 1.05 bits per heavy atom. The van der Waals surface area contributed by atoms with Gasteiger partial charge in [0.1, 0.15) is 17.3 Å². The molecule has 112 valence electrons. The van der Waals surface area contributed by atoms with Crippen molar-refractivity contribution in [2.75, 3.05) is 14.2 Å². The molecule has 0 aliphatic carbocycles. The van der Waals surface area contributed by atoms with Crippen LogP contribution in [-0.4, -0.2) is 14.2 Å². The van der Waals surface area contributed by atoms with Crippen LogP contribution in [0.4, 0.5) is 4.39 Å². The fourth-order valence-corrected chi connectivity index (χ4v) is 3.25. The van der Waals surface area contributed by atoms with E-state index >= 15 is 0 Å². The number of halogens is 4. The largest absolute Gasteiger partial charge is 0.496 e. The SMILES string of the molecule is COc1ccc(Cl)cc1C(Br)c1cc(Br)c(F)cc1OC. The molecule has 0 aliphatic heterocycles. The summed E-state index contributed by atoms with van der Waals surface area (Å²) >= 11 is 12.9. The number of ether oxygens (including phenoxy) is 2. The highest BCUT2D eigenvalue weighted by molar-refractivity contribution is 9.10. The maximum atomic E-state index is 13.6. The zero-order valence-corrected chi connectivity index (χ0v) is 15.2. The molecule has 1 atom stereocenters. The molecule has 0 heterocycles. The topological polar surface area (TPSA) is 18.5 Å². The van der Waals surface area contributed by atoms with Crippen LogP contribution in [0.15, 0.2) is 34.8 Å². The van der Waals surface area contributed by atoms with E-state index in [9.17, 15) is 4.39 Å². The quantitative estimate of drug-likeness (QED) is 0.567. The second-order valence-electron chi connectivity index (χ2n) is 4.26. The highest BCUT2D eigenvalue weighted by Crippen LogP contribution is 2.43. The molecule has 0 spiro atoms. The Hall–Kier alpha value is -0.780. The Morgan fingerprint density at radius 3 is 2.29 bits per heavy atom. The van der Waals surface area contributed by atoms with Gasteiger partial charge in [-0.2, -0.15) is 0 Å². The minimum atomic E-state index is -0.381. The molecule has 0 saturated heterocycles. The third-order valence-corrected chi connectivity index (χ3v) is 4.84. The number of methoxy groups -OCH3 is 2. The van der Waals surface area contributed by atoms with Gasteiger partial charge in [0.15, 0.2) is 0 Å². The highest BCUT2D eigenvalue weighted by atomic mass is 79.9. The Kier molecular flexibility index (Phi) is 5.52. The molecule has 21 heavy (non-hydrogen) atoms. The number of benzene rings is 2. The van der Waals surface area contributed by atoms with Gasteiger partial charge in [-0.15, -0.1) is 0 Å². The van der Waals surface area contributed by atoms with Gasteiger partial charge in [0.2, 0.25) is 0 Å². The second kappa shape index (κ2) is 6.99. The van der Waals surface area contributed by atoms with Crippen molar-refractivity contribution in [1.29, 1.82) is 0 Å². The number of hydrogen-bond acceptors (Lipinski definition) is 2. The normalized spacial score (nSPS) is 12.1. The summed E-state index contributed by atoms with van der Waals surface area (Å²) in [6.07, 6.45) is 0. The van der Waals surface area contributed by atoms with Crippen LogP contribution in [0.3, 0.4) is 0 Å². The molecular formula is C15H12Br2ClFO2. The van der Waals surface area contributed by atoms with Crippen molar-refractivity contribution < 1.29 is 13.9 Å². The first kappa shape index (κ1) is 16.6. The number of alkyl halides is 1. The van der Waals surface area contributed by atoms with Crippen LogP contribution in [0.1, 0.15) is 16.0 Å². The molecule has 2 nitrogen and oxygen atoms in total. The van der Waals surface area contributed by atoms with Crippen LogP contribution in [0.2, 0.25) is 5.02 Å². The lowest BCUT2D eigenvalue weighted by atomic mass is 10.0. The first-order chi connectivity index (χ1) is 9.97. The predicted octanol–water partition coefficient (Wildman–Crippen LogP) is 5.74. The van der Waals surface area contributed by atoms with E-state index in [1.807, 2.05) is 0 Å². The molecule has 2 aromatic rings. The van der Waals surface area contributed by atoms with Crippen molar-refractivity contribution in [3.8, 4) is 11.5 Å². The van der Waals surface area contributed by atoms with Gasteiger partial charge in [-0.25, -0.2) is 4.39 Å². The van der Waals surface area contributed by atoms with Crippen molar-refractivity contribution in [1.82, 2.24) is 0 Å². The Bertz CT molecular complexity index is 664. The van der Waals surface area contributed by atoms with E-state index in [2.05, 4.69) is 31.9 Å². The first-order valence-corrected chi connectivity index (χ1v) is 8.07. The van der Waals surface area contributed by atoms with Gasteiger partial charge in [-0.1, -0.05) is 27.5 Å². The van der Waals surface area contributed by atoms with Gasteiger partial charge >= 0.3 is 0 Å². The van der Waals surface area contributed by atoms with E-state index in [4.69, 9.17) is 21.1 Å². The Labute approximate surface area is 144 Å². The highest BCUT2D eigenvalue weighted by Gasteiger charge is 2.21. The summed E-state index contributed by atoms with van der Waals surface area (Å²) in [6.45, 7) is 0.